The van der Waals surface area contributed by atoms with Gasteiger partial charge >= 0.3 is 0 Å². The largest absolute Gasteiger partial charge is 0.378 e. The Morgan fingerprint density at radius 2 is 1.79 bits per heavy atom. The van der Waals surface area contributed by atoms with Crippen LogP contribution in [-0.4, -0.2) is 94.8 Å². The van der Waals surface area contributed by atoms with Gasteiger partial charge in [0.05, 0.1) is 19.1 Å². The predicted molar refractivity (Wildman–Crippen MR) is 104 cm³/mol. The third-order valence-electron chi connectivity index (χ3n) is 6.33. The van der Waals surface area contributed by atoms with E-state index < -0.39 is 0 Å². The number of aromatic nitrogens is 2. The normalized spacial score (nSPS) is 25.1. The van der Waals surface area contributed by atoms with Crippen molar-refractivity contribution in [3.05, 3.63) is 18.0 Å². The Kier molecular flexibility index (Phi) is 5.96. The minimum Gasteiger partial charge on any atom is -0.378 e. The standard InChI is InChI=1S/C20H31N5O3/c1-22-8-6-18(21-22)20(27)23-9-4-17(5-10-23)25-7-2-3-16(15-25)19(26)24-11-13-28-14-12-24/h6,8,16-17H,2-5,7,9-15H2,1H3/t16-/m0/s1. The van der Waals surface area contributed by atoms with Crippen molar-refractivity contribution >= 4 is 11.8 Å². The van der Waals surface area contributed by atoms with Crippen LogP contribution in [0.15, 0.2) is 12.3 Å². The molecule has 0 aliphatic carbocycles. The van der Waals surface area contributed by atoms with Crippen molar-refractivity contribution in [2.45, 2.75) is 31.7 Å². The molecule has 154 valence electrons. The molecule has 28 heavy (non-hydrogen) atoms. The number of piperidine rings is 2. The monoisotopic (exact) mass is 389 g/mol. The van der Waals surface area contributed by atoms with E-state index in [0.29, 0.717) is 30.9 Å². The Morgan fingerprint density at radius 3 is 2.46 bits per heavy atom. The van der Waals surface area contributed by atoms with Gasteiger partial charge in [0.25, 0.3) is 5.91 Å². The minimum atomic E-state index is 0.0260. The zero-order valence-electron chi connectivity index (χ0n) is 16.8. The van der Waals surface area contributed by atoms with Crippen LogP contribution in [0, 0.1) is 5.92 Å². The van der Waals surface area contributed by atoms with E-state index in [-0.39, 0.29) is 11.8 Å². The summed E-state index contributed by atoms with van der Waals surface area (Å²) in [5, 5.41) is 4.23. The van der Waals surface area contributed by atoms with Gasteiger partial charge in [0, 0.05) is 52.0 Å². The van der Waals surface area contributed by atoms with Crippen molar-refractivity contribution in [1.82, 2.24) is 24.5 Å². The van der Waals surface area contributed by atoms with Crippen molar-refractivity contribution < 1.29 is 14.3 Å². The van der Waals surface area contributed by atoms with E-state index in [0.717, 1.165) is 65.0 Å². The molecule has 8 heteroatoms. The lowest BCUT2D eigenvalue weighted by atomic mass is 9.92. The number of amides is 2. The summed E-state index contributed by atoms with van der Waals surface area (Å²) in [7, 11) is 1.83. The van der Waals surface area contributed by atoms with Crippen LogP contribution in [0.2, 0.25) is 0 Å². The molecule has 0 spiro atoms. The fraction of sp³-hybridized carbons (Fsp3) is 0.750. The molecule has 4 heterocycles. The molecule has 3 saturated heterocycles. The van der Waals surface area contributed by atoms with Crippen LogP contribution < -0.4 is 0 Å². The van der Waals surface area contributed by atoms with Gasteiger partial charge in [0.2, 0.25) is 5.91 Å². The molecule has 0 N–H and O–H groups in total. The zero-order chi connectivity index (χ0) is 19.5. The van der Waals surface area contributed by atoms with Crippen LogP contribution in [0.4, 0.5) is 0 Å². The van der Waals surface area contributed by atoms with Crippen molar-refractivity contribution in [2.75, 3.05) is 52.5 Å². The molecular weight excluding hydrogens is 358 g/mol. The molecule has 3 fully saturated rings. The van der Waals surface area contributed by atoms with E-state index in [9.17, 15) is 9.59 Å². The summed E-state index contributed by atoms with van der Waals surface area (Å²) < 4.78 is 7.04. The van der Waals surface area contributed by atoms with Gasteiger partial charge in [0.1, 0.15) is 5.69 Å². The average Bonchev–Trinajstić information content (AvgIpc) is 3.20. The Labute approximate surface area is 166 Å². The van der Waals surface area contributed by atoms with Crippen LogP contribution in [0.5, 0.6) is 0 Å². The first-order valence-electron chi connectivity index (χ1n) is 10.5. The minimum absolute atomic E-state index is 0.0260. The van der Waals surface area contributed by atoms with Crippen molar-refractivity contribution in [2.24, 2.45) is 13.0 Å². The smallest absolute Gasteiger partial charge is 0.274 e. The topological polar surface area (TPSA) is 70.9 Å². The van der Waals surface area contributed by atoms with Crippen LogP contribution in [-0.2, 0) is 16.6 Å². The molecule has 0 bridgehead atoms. The number of ether oxygens (including phenoxy) is 1. The highest BCUT2D eigenvalue weighted by atomic mass is 16.5. The third kappa shape index (κ3) is 4.22. The number of carbonyl (C=O) groups is 2. The molecule has 0 unspecified atom stereocenters. The summed E-state index contributed by atoms with van der Waals surface area (Å²) in [6.45, 7) is 6.21. The van der Waals surface area contributed by atoms with E-state index in [1.165, 1.54) is 0 Å². The highest BCUT2D eigenvalue weighted by molar-refractivity contribution is 5.92. The van der Waals surface area contributed by atoms with Crippen LogP contribution >= 0.6 is 0 Å². The third-order valence-corrected chi connectivity index (χ3v) is 6.33. The Bertz CT molecular complexity index is 692. The summed E-state index contributed by atoms with van der Waals surface area (Å²) in [6, 6.07) is 2.24. The second-order valence-corrected chi connectivity index (χ2v) is 8.17. The first kappa shape index (κ1) is 19.4. The fourth-order valence-electron chi connectivity index (χ4n) is 4.71. The molecular formula is C20H31N5O3. The van der Waals surface area contributed by atoms with Crippen LogP contribution in [0.3, 0.4) is 0 Å². The number of carbonyl (C=O) groups excluding carboxylic acids is 2. The van der Waals surface area contributed by atoms with Gasteiger partial charge in [-0.1, -0.05) is 0 Å². The molecule has 8 nitrogen and oxygen atoms in total. The van der Waals surface area contributed by atoms with Crippen molar-refractivity contribution in [3.63, 3.8) is 0 Å². The Morgan fingerprint density at radius 1 is 1.04 bits per heavy atom. The second-order valence-electron chi connectivity index (χ2n) is 8.17. The van der Waals surface area contributed by atoms with Gasteiger partial charge in [-0.3, -0.25) is 19.2 Å². The van der Waals surface area contributed by atoms with E-state index in [1.807, 2.05) is 16.8 Å². The van der Waals surface area contributed by atoms with E-state index in [1.54, 1.807) is 16.9 Å². The van der Waals surface area contributed by atoms with Crippen molar-refractivity contribution in [3.8, 4) is 0 Å². The second kappa shape index (κ2) is 8.61. The molecule has 4 rings (SSSR count). The summed E-state index contributed by atoms with van der Waals surface area (Å²) in [5.74, 6) is 0.439. The number of hydrogen-bond acceptors (Lipinski definition) is 5. The molecule has 3 aliphatic heterocycles. The molecule has 0 saturated carbocycles. The lowest BCUT2D eigenvalue weighted by molar-refractivity contribution is -0.141. The maximum atomic E-state index is 12.9. The molecule has 0 aromatic carbocycles. The summed E-state index contributed by atoms with van der Waals surface area (Å²) in [4.78, 5) is 31.8. The lowest BCUT2D eigenvalue weighted by Gasteiger charge is -2.43. The number of morpholine rings is 1. The van der Waals surface area contributed by atoms with Gasteiger partial charge in [-0.2, -0.15) is 5.10 Å². The SMILES string of the molecule is Cn1ccc(C(=O)N2CCC(N3CCC[C@H](C(=O)N4CCOCC4)C3)CC2)n1. The van der Waals surface area contributed by atoms with E-state index in [2.05, 4.69) is 10.00 Å². The van der Waals surface area contributed by atoms with Gasteiger partial charge in [-0.05, 0) is 38.3 Å². The summed E-state index contributed by atoms with van der Waals surface area (Å²) in [5.41, 5.74) is 0.523. The fourth-order valence-corrected chi connectivity index (χ4v) is 4.71. The first-order chi connectivity index (χ1) is 13.6. The van der Waals surface area contributed by atoms with E-state index >= 15 is 0 Å². The number of aryl methyl sites for hydroxylation is 1. The van der Waals surface area contributed by atoms with Gasteiger partial charge < -0.3 is 14.5 Å². The summed E-state index contributed by atoms with van der Waals surface area (Å²) in [6.07, 6.45) is 5.81. The van der Waals surface area contributed by atoms with Gasteiger partial charge in [0.15, 0.2) is 0 Å². The van der Waals surface area contributed by atoms with Crippen LogP contribution in [0.25, 0.3) is 0 Å². The van der Waals surface area contributed by atoms with E-state index in [4.69, 9.17) is 4.74 Å². The number of rotatable bonds is 3. The maximum absolute atomic E-state index is 12.9. The predicted octanol–water partition coefficient (Wildman–Crippen LogP) is 0.596. The average molecular weight is 390 g/mol. The molecule has 1 aromatic rings. The molecule has 1 aromatic heterocycles. The molecule has 1 atom stereocenters. The van der Waals surface area contributed by atoms with Gasteiger partial charge in [-0.25, -0.2) is 0 Å². The highest BCUT2D eigenvalue weighted by Gasteiger charge is 2.34. The zero-order valence-corrected chi connectivity index (χ0v) is 16.8. The Balaban J connectivity index is 1.29. The molecule has 0 radical (unpaired) electrons. The van der Waals surface area contributed by atoms with Crippen LogP contribution in [0.1, 0.15) is 36.2 Å². The maximum Gasteiger partial charge on any atom is 0.274 e. The number of hydrogen-bond donors (Lipinski definition) is 0. The molecule has 3 aliphatic rings. The van der Waals surface area contributed by atoms with Gasteiger partial charge in [-0.15, -0.1) is 0 Å². The quantitative estimate of drug-likeness (QED) is 0.757. The Hall–Kier alpha value is -1.93. The lowest BCUT2D eigenvalue weighted by Crippen LogP contribution is -2.53. The number of likely N-dealkylation sites (tertiary alicyclic amines) is 2. The number of nitrogens with zero attached hydrogens (tertiary/aromatic N) is 5. The molecule has 2 amide bonds. The summed E-state index contributed by atoms with van der Waals surface area (Å²) >= 11 is 0. The highest BCUT2D eigenvalue weighted by Crippen LogP contribution is 2.26. The first-order valence-corrected chi connectivity index (χ1v) is 10.5. The van der Waals surface area contributed by atoms with Crippen molar-refractivity contribution in [1.29, 1.82) is 0 Å².